The van der Waals surface area contributed by atoms with Gasteiger partial charge in [-0.1, -0.05) is 0 Å². The summed E-state index contributed by atoms with van der Waals surface area (Å²) in [5, 5.41) is 0. The van der Waals surface area contributed by atoms with Gasteiger partial charge in [-0.15, -0.1) is 33.2 Å². The fraction of sp³-hybridized carbons (Fsp3) is 1.00. The van der Waals surface area contributed by atoms with Crippen LogP contribution in [0.5, 0.6) is 0 Å². The molecule has 0 unspecified atom stereocenters. The molecule has 0 bridgehead atoms. The first-order chi connectivity index (χ1) is 2.00. The van der Waals surface area contributed by atoms with Crippen molar-refractivity contribution in [1.82, 2.24) is 0 Å². The van der Waals surface area contributed by atoms with Crippen LogP contribution in [0.25, 0.3) is 0 Å². The van der Waals surface area contributed by atoms with Gasteiger partial charge in [-0.25, -0.2) is 0 Å². The van der Waals surface area contributed by atoms with Crippen LogP contribution in [0, 0.1) is 0 Å². The van der Waals surface area contributed by atoms with E-state index in [9.17, 15) is 0 Å². The van der Waals surface area contributed by atoms with Crippen LogP contribution in [0.2, 0.25) is 6.55 Å². The minimum atomic E-state index is -2.19. The van der Waals surface area contributed by atoms with Gasteiger partial charge in [-0.05, 0) is 6.55 Å². The number of halogens is 3. The monoisotopic (exact) mass is 172 g/mol. The van der Waals surface area contributed by atoms with E-state index in [4.69, 9.17) is 33.2 Å². The van der Waals surface area contributed by atoms with E-state index < -0.39 is 6.00 Å². The van der Waals surface area contributed by atoms with E-state index in [1.807, 2.05) is 0 Å². The van der Waals surface area contributed by atoms with Crippen molar-refractivity contribution in [3.8, 4) is 0 Å². The zero-order chi connectivity index (χ0) is 4.50. The van der Waals surface area contributed by atoms with Crippen LogP contribution in [0.15, 0.2) is 0 Å². The van der Waals surface area contributed by atoms with Crippen LogP contribution >= 0.6 is 33.2 Å². The molecule has 0 nitrogen and oxygen atoms in total. The Morgan fingerprint density at radius 3 is 1.17 bits per heavy atom. The second-order valence-corrected chi connectivity index (χ2v) is 10.9. The van der Waals surface area contributed by atoms with Crippen molar-refractivity contribution in [1.29, 1.82) is 0 Å². The summed E-state index contributed by atoms with van der Waals surface area (Å²) in [7, 11) is 0. The average Bonchev–Trinajstić information content (AvgIpc) is 0.722. The molecule has 0 spiro atoms. The van der Waals surface area contributed by atoms with E-state index in [1.165, 1.54) is 0 Å². The van der Waals surface area contributed by atoms with Crippen LogP contribution in [-0.4, -0.2) is 35.6 Å². The molecular weight excluding hydrogens is 169 g/mol. The standard InChI is InChI=1S/CH3Cl3Si.Na.H/c1-5(2,3)4;;/h1H3;;. The maximum atomic E-state index is 5.20. The SMILES string of the molecule is C[Si](Cl)(Cl)Cl.[NaH]. The van der Waals surface area contributed by atoms with E-state index in [2.05, 4.69) is 0 Å². The molecule has 5 heteroatoms. The quantitative estimate of drug-likeness (QED) is 0.386. The second kappa shape index (κ2) is 4.01. The topological polar surface area (TPSA) is 0 Å². The van der Waals surface area contributed by atoms with Gasteiger partial charge in [0.1, 0.15) is 0 Å². The maximum absolute atomic E-state index is 5.20. The predicted octanol–water partition coefficient (Wildman–Crippen LogP) is 1.62. The minimum absolute atomic E-state index is 0. The molecule has 0 atom stereocenters. The summed E-state index contributed by atoms with van der Waals surface area (Å²) < 4.78 is 0. The Labute approximate surface area is 74.6 Å². The summed E-state index contributed by atoms with van der Waals surface area (Å²) in [4.78, 5) is 0. The summed E-state index contributed by atoms with van der Waals surface area (Å²) in [6.07, 6.45) is 0. The van der Waals surface area contributed by atoms with Crippen LogP contribution in [0.3, 0.4) is 0 Å². The van der Waals surface area contributed by atoms with Crippen molar-refractivity contribution >= 4 is 68.8 Å². The first-order valence-electron chi connectivity index (χ1n) is 1.07. The van der Waals surface area contributed by atoms with Gasteiger partial charge in [0, 0.05) is 0 Å². The van der Waals surface area contributed by atoms with E-state index >= 15 is 0 Å². The van der Waals surface area contributed by atoms with Gasteiger partial charge in [-0.3, -0.25) is 0 Å². The van der Waals surface area contributed by atoms with Gasteiger partial charge < -0.3 is 0 Å². The molecule has 0 heterocycles. The summed E-state index contributed by atoms with van der Waals surface area (Å²) in [6, 6.07) is -2.19. The Hall–Kier alpha value is 2.09. The molecule has 0 aliphatic rings. The zero-order valence-corrected chi connectivity index (χ0v) is 5.90. The third-order valence-corrected chi connectivity index (χ3v) is 0. The van der Waals surface area contributed by atoms with Crippen molar-refractivity contribution in [2.75, 3.05) is 0 Å². The molecule has 0 amide bonds. The Morgan fingerprint density at radius 1 is 1.17 bits per heavy atom. The Bertz CT molecular complexity index is 26.3. The van der Waals surface area contributed by atoms with Crippen LogP contribution in [0.4, 0.5) is 0 Å². The van der Waals surface area contributed by atoms with Crippen LogP contribution in [-0.2, 0) is 0 Å². The van der Waals surface area contributed by atoms with Gasteiger partial charge in [0.15, 0.2) is 0 Å². The van der Waals surface area contributed by atoms with E-state index in [1.54, 1.807) is 6.55 Å². The van der Waals surface area contributed by atoms with Crippen molar-refractivity contribution in [3.05, 3.63) is 0 Å². The van der Waals surface area contributed by atoms with Gasteiger partial charge >= 0.3 is 35.6 Å². The predicted molar refractivity (Wildman–Crippen MR) is 36.3 cm³/mol. The van der Waals surface area contributed by atoms with Crippen LogP contribution in [0.1, 0.15) is 0 Å². The third-order valence-electron chi connectivity index (χ3n) is 0. The molecule has 0 aromatic carbocycles. The average molecular weight is 173 g/mol. The van der Waals surface area contributed by atoms with Crippen molar-refractivity contribution in [3.63, 3.8) is 0 Å². The molecule has 34 valence electrons. The summed E-state index contributed by atoms with van der Waals surface area (Å²) in [6.45, 7) is 1.62. The molecule has 0 rings (SSSR count). The Morgan fingerprint density at radius 2 is 1.17 bits per heavy atom. The van der Waals surface area contributed by atoms with Gasteiger partial charge in [0.2, 0.25) is 0 Å². The molecule has 0 aromatic heterocycles. The Balaban J connectivity index is 0. The first kappa shape index (κ1) is 11.0. The van der Waals surface area contributed by atoms with Crippen molar-refractivity contribution in [2.45, 2.75) is 6.55 Å². The van der Waals surface area contributed by atoms with E-state index in [-0.39, 0.29) is 29.6 Å². The molecule has 0 saturated heterocycles. The molecule has 0 aliphatic heterocycles. The third kappa shape index (κ3) is 36.2. The molecule has 0 radical (unpaired) electrons. The molecule has 0 N–H and O–H groups in total. The zero-order valence-electron chi connectivity index (χ0n) is 2.63. The summed E-state index contributed by atoms with van der Waals surface area (Å²) >= 11 is 15.6. The molecule has 0 fully saturated rings. The summed E-state index contributed by atoms with van der Waals surface area (Å²) in [5.41, 5.74) is 0. The summed E-state index contributed by atoms with van der Waals surface area (Å²) in [5.74, 6) is 0. The molecule has 0 aliphatic carbocycles. The van der Waals surface area contributed by atoms with Gasteiger partial charge in [0.05, 0.1) is 0 Å². The molecule has 0 saturated carbocycles. The molecular formula is CH4Cl3NaSi. The van der Waals surface area contributed by atoms with Crippen molar-refractivity contribution in [2.24, 2.45) is 0 Å². The number of hydrogen-bond donors (Lipinski definition) is 0. The Kier molecular flexibility index (Phi) is 7.34. The fourth-order valence-electron chi connectivity index (χ4n) is 0. The first-order valence-corrected chi connectivity index (χ1v) is 6.60. The van der Waals surface area contributed by atoms with E-state index in [0.717, 1.165) is 0 Å². The second-order valence-electron chi connectivity index (χ2n) is 0.781. The van der Waals surface area contributed by atoms with Gasteiger partial charge in [0.25, 0.3) is 0 Å². The fourth-order valence-corrected chi connectivity index (χ4v) is 0. The van der Waals surface area contributed by atoms with Crippen molar-refractivity contribution < 1.29 is 0 Å². The van der Waals surface area contributed by atoms with Gasteiger partial charge in [-0.2, -0.15) is 0 Å². The molecule has 0 aromatic rings. The van der Waals surface area contributed by atoms with E-state index in [0.29, 0.717) is 0 Å². The van der Waals surface area contributed by atoms with Crippen LogP contribution < -0.4 is 0 Å². The normalized spacial score (nSPS) is 10.0. The number of hydrogen-bond acceptors (Lipinski definition) is 0. The molecule has 6 heavy (non-hydrogen) atoms. The number of rotatable bonds is 0.